The van der Waals surface area contributed by atoms with E-state index in [9.17, 15) is 4.79 Å². The molecule has 0 aromatic heterocycles. The van der Waals surface area contributed by atoms with Crippen molar-refractivity contribution in [2.24, 2.45) is 0 Å². The Bertz CT molecular complexity index is 367. The van der Waals surface area contributed by atoms with Crippen LogP contribution in [-0.2, 0) is 9.53 Å². The molecule has 1 amide bonds. The Labute approximate surface area is 118 Å². The molecule has 0 unspecified atom stereocenters. The van der Waals surface area contributed by atoms with E-state index in [0.717, 1.165) is 5.75 Å². The highest BCUT2D eigenvalue weighted by Gasteiger charge is 2.01. The molecule has 0 radical (unpaired) electrons. The van der Waals surface area contributed by atoms with Crippen LogP contribution in [0.25, 0.3) is 0 Å². The number of hydrogen-bond acceptors (Lipinski definition) is 4. The average Bonchev–Trinajstić information content (AvgIpc) is 2.41. The van der Waals surface area contributed by atoms with Gasteiger partial charge in [0.05, 0.1) is 19.8 Å². The number of carbonyl (C=O) groups excluding carboxylic acids is 1. The molecule has 0 bridgehead atoms. The maximum Gasteiger partial charge on any atom is 0.220 e. The number of rotatable bonds is 9. The van der Waals surface area contributed by atoms with Gasteiger partial charge in [-0.3, -0.25) is 4.79 Å². The van der Waals surface area contributed by atoms with Crippen LogP contribution in [0.15, 0.2) is 29.2 Å². The lowest BCUT2D eigenvalue weighted by Gasteiger charge is -2.05. The maximum atomic E-state index is 11.5. The highest BCUT2D eigenvalue weighted by atomic mass is 32.2. The predicted octanol–water partition coefficient (Wildman–Crippen LogP) is 1.60. The maximum absolute atomic E-state index is 11.5. The van der Waals surface area contributed by atoms with Crippen molar-refractivity contribution in [1.29, 1.82) is 0 Å². The minimum absolute atomic E-state index is 0.0150. The van der Waals surface area contributed by atoms with E-state index in [1.165, 1.54) is 10.5 Å². The van der Waals surface area contributed by atoms with Crippen molar-refractivity contribution >= 4 is 17.7 Å². The number of carbonyl (C=O) groups is 1. The Morgan fingerprint density at radius 1 is 1.32 bits per heavy atom. The van der Waals surface area contributed by atoms with Crippen LogP contribution < -0.4 is 5.32 Å². The fourth-order valence-corrected chi connectivity index (χ4v) is 2.27. The van der Waals surface area contributed by atoms with Gasteiger partial charge in [0.25, 0.3) is 0 Å². The summed E-state index contributed by atoms with van der Waals surface area (Å²) in [6.45, 7) is 3.33. The molecule has 19 heavy (non-hydrogen) atoms. The van der Waals surface area contributed by atoms with Crippen molar-refractivity contribution in [2.75, 3.05) is 32.1 Å². The van der Waals surface area contributed by atoms with Gasteiger partial charge in [0.15, 0.2) is 0 Å². The lowest BCUT2D eigenvalue weighted by molar-refractivity contribution is -0.120. The summed E-state index contributed by atoms with van der Waals surface area (Å²) in [5.41, 5.74) is 1.24. The topological polar surface area (TPSA) is 58.6 Å². The molecule has 4 nitrogen and oxygen atoms in total. The summed E-state index contributed by atoms with van der Waals surface area (Å²) in [4.78, 5) is 12.7. The van der Waals surface area contributed by atoms with E-state index in [0.29, 0.717) is 26.2 Å². The molecule has 0 saturated heterocycles. The van der Waals surface area contributed by atoms with E-state index < -0.39 is 0 Å². The van der Waals surface area contributed by atoms with Crippen LogP contribution in [0.1, 0.15) is 12.0 Å². The first-order chi connectivity index (χ1) is 9.22. The number of ether oxygens (including phenoxy) is 1. The molecule has 2 N–H and O–H groups in total. The fourth-order valence-electron chi connectivity index (χ4n) is 1.41. The lowest BCUT2D eigenvalue weighted by atomic mass is 10.2. The van der Waals surface area contributed by atoms with Crippen LogP contribution in [0, 0.1) is 6.92 Å². The van der Waals surface area contributed by atoms with Crippen molar-refractivity contribution in [1.82, 2.24) is 5.32 Å². The summed E-state index contributed by atoms with van der Waals surface area (Å²) in [6, 6.07) is 8.28. The van der Waals surface area contributed by atoms with Gasteiger partial charge in [-0.2, -0.15) is 0 Å². The average molecular weight is 283 g/mol. The summed E-state index contributed by atoms with van der Waals surface area (Å²) in [5.74, 6) is 0.805. The summed E-state index contributed by atoms with van der Waals surface area (Å²) in [6.07, 6.45) is 0.499. The van der Waals surface area contributed by atoms with Crippen molar-refractivity contribution in [3.8, 4) is 0 Å². The van der Waals surface area contributed by atoms with Gasteiger partial charge < -0.3 is 15.2 Å². The number of benzene rings is 1. The number of aryl methyl sites for hydroxylation is 1. The van der Waals surface area contributed by atoms with Crippen LogP contribution in [0.4, 0.5) is 0 Å². The highest BCUT2D eigenvalue weighted by Crippen LogP contribution is 2.18. The zero-order valence-corrected chi connectivity index (χ0v) is 12.0. The van der Waals surface area contributed by atoms with Gasteiger partial charge in [0.2, 0.25) is 5.91 Å². The Balaban J connectivity index is 2.05. The summed E-state index contributed by atoms with van der Waals surface area (Å²) >= 11 is 1.68. The van der Waals surface area contributed by atoms with Gasteiger partial charge in [-0.1, -0.05) is 17.7 Å². The SMILES string of the molecule is Cc1ccc(SCCC(=O)NCCOCCO)cc1. The molecule has 0 aliphatic heterocycles. The van der Waals surface area contributed by atoms with E-state index in [1.54, 1.807) is 11.8 Å². The third-order valence-corrected chi connectivity index (χ3v) is 3.44. The third-order valence-electron chi connectivity index (χ3n) is 2.42. The molecule has 0 aliphatic carbocycles. The quantitative estimate of drug-likeness (QED) is 0.534. The Morgan fingerprint density at radius 2 is 2.05 bits per heavy atom. The predicted molar refractivity (Wildman–Crippen MR) is 77.4 cm³/mol. The van der Waals surface area contributed by atoms with Crippen molar-refractivity contribution < 1.29 is 14.6 Å². The second-order valence-corrected chi connectivity index (χ2v) is 5.27. The van der Waals surface area contributed by atoms with E-state index >= 15 is 0 Å². The molecule has 0 spiro atoms. The number of nitrogens with one attached hydrogen (secondary N) is 1. The van der Waals surface area contributed by atoms with Gasteiger partial charge in [0.1, 0.15) is 0 Å². The lowest BCUT2D eigenvalue weighted by Crippen LogP contribution is -2.27. The van der Waals surface area contributed by atoms with E-state index in [4.69, 9.17) is 9.84 Å². The van der Waals surface area contributed by atoms with Crippen LogP contribution in [0.2, 0.25) is 0 Å². The number of thioether (sulfide) groups is 1. The second-order valence-electron chi connectivity index (χ2n) is 4.10. The second kappa shape index (κ2) is 9.83. The molecule has 0 heterocycles. The number of amides is 1. The Hall–Kier alpha value is -1.04. The highest BCUT2D eigenvalue weighted by molar-refractivity contribution is 7.99. The molecule has 5 heteroatoms. The summed E-state index contributed by atoms with van der Waals surface area (Å²) < 4.78 is 5.05. The minimum Gasteiger partial charge on any atom is -0.394 e. The summed E-state index contributed by atoms with van der Waals surface area (Å²) in [7, 11) is 0. The molecular weight excluding hydrogens is 262 g/mol. The van der Waals surface area contributed by atoms with Crippen molar-refractivity contribution in [2.45, 2.75) is 18.2 Å². The van der Waals surface area contributed by atoms with Crippen LogP contribution in [0.5, 0.6) is 0 Å². The first-order valence-corrected chi connectivity index (χ1v) is 7.35. The van der Waals surface area contributed by atoms with E-state index in [-0.39, 0.29) is 12.5 Å². The van der Waals surface area contributed by atoms with Gasteiger partial charge in [-0.25, -0.2) is 0 Å². The molecule has 0 aliphatic rings. The zero-order valence-electron chi connectivity index (χ0n) is 11.2. The molecule has 0 atom stereocenters. The number of hydrogen-bond donors (Lipinski definition) is 2. The van der Waals surface area contributed by atoms with Crippen LogP contribution >= 0.6 is 11.8 Å². The van der Waals surface area contributed by atoms with E-state index in [2.05, 4.69) is 36.5 Å². The monoisotopic (exact) mass is 283 g/mol. The summed E-state index contributed by atoms with van der Waals surface area (Å²) in [5, 5.41) is 11.3. The Morgan fingerprint density at radius 3 is 2.74 bits per heavy atom. The Kier molecular flexibility index (Phi) is 8.29. The molecular formula is C14H21NO3S. The third kappa shape index (κ3) is 7.87. The van der Waals surface area contributed by atoms with E-state index in [1.807, 2.05) is 0 Å². The zero-order chi connectivity index (χ0) is 13.9. The van der Waals surface area contributed by atoms with Crippen molar-refractivity contribution in [3.63, 3.8) is 0 Å². The van der Waals surface area contributed by atoms with Crippen molar-refractivity contribution in [3.05, 3.63) is 29.8 Å². The molecule has 0 fully saturated rings. The largest absolute Gasteiger partial charge is 0.394 e. The van der Waals surface area contributed by atoms with Gasteiger partial charge in [-0.05, 0) is 19.1 Å². The molecule has 0 saturated carbocycles. The molecule has 106 valence electrons. The minimum atomic E-state index is 0.0150. The fraction of sp³-hybridized carbons (Fsp3) is 0.500. The van der Waals surface area contributed by atoms with Gasteiger partial charge in [-0.15, -0.1) is 11.8 Å². The standard InChI is InChI=1S/C14H21NO3S/c1-12-2-4-13(5-3-12)19-11-6-14(17)15-7-9-18-10-8-16/h2-5,16H,6-11H2,1H3,(H,15,17). The normalized spacial score (nSPS) is 10.4. The van der Waals surface area contributed by atoms with Crippen LogP contribution in [-0.4, -0.2) is 43.1 Å². The smallest absolute Gasteiger partial charge is 0.220 e. The first kappa shape index (κ1) is 16.0. The van der Waals surface area contributed by atoms with Crippen LogP contribution in [0.3, 0.4) is 0 Å². The molecule has 1 aromatic rings. The first-order valence-electron chi connectivity index (χ1n) is 6.37. The molecule has 1 aromatic carbocycles. The molecule has 1 rings (SSSR count). The number of aliphatic hydroxyl groups is 1. The van der Waals surface area contributed by atoms with Gasteiger partial charge in [0, 0.05) is 23.6 Å². The van der Waals surface area contributed by atoms with Gasteiger partial charge >= 0.3 is 0 Å². The number of aliphatic hydroxyl groups excluding tert-OH is 1.